The van der Waals surface area contributed by atoms with Crippen molar-refractivity contribution in [3.8, 4) is 0 Å². The van der Waals surface area contributed by atoms with Gasteiger partial charge < -0.3 is 5.11 Å². The predicted molar refractivity (Wildman–Crippen MR) is 52.1 cm³/mol. The summed E-state index contributed by atoms with van der Waals surface area (Å²) < 4.78 is 0. The zero-order chi connectivity index (χ0) is 8.81. The Morgan fingerprint density at radius 1 is 1.42 bits per heavy atom. The molecule has 1 saturated carbocycles. The Balaban J connectivity index is 2.46. The number of aliphatic hydroxyl groups excluding tert-OH is 1. The van der Waals surface area contributed by atoms with Crippen molar-refractivity contribution >= 4 is 0 Å². The molecular formula is C11H20O. The van der Waals surface area contributed by atoms with E-state index >= 15 is 0 Å². The predicted octanol–water partition coefficient (Wildman–Crippen LogP) is 3.04. The van der Waals surface area contributed by atoms with E-state index in [4.69, 9.17) is 0 Å². The second-order valence-electron chi connectivity index (χ2n) is 3.68. The molecule has 0 spiro atoms. The normalized spacial score (nSPS) is 28.8. The fourth-order valence-electron chi connectivity index (χ4n) is 1.76. The molecule has 0 aliphatic heterocycles. The first-order valence-electron chi connectivity index (χ1n) is 5.21. The quantitative estimate of drug-likeness (QED) is 0.496. The summed E-state index contributed by atoms with van der Waals surface area (Å²) in [5.41, 5.74) is 1.30. The van der Waals surface area contributed by atoms with Crippen LogP contribution < -0.4 is 0 Å². The second kappa shape index (κ2) is 5.36. The lowest BCUT2D eigenvalue weighted by molar-refractivity contribution is 0.198. The van der Waals surface area contributed by atoms with Gasteiger partial charge in [0.15, 0.2) is 0 Å². The lowest BCUT2D eigenvalue weighted by atomic mass is 10.0. The first-order chi connectivity index (χ1) is 5.84. The summed E-state index contributed by atoms with van der Waals surface area (Å²) in [6.45, 7) is 2.18. The SMILES string of the molecule is CCC/C=C1/CCCCCC1O. The van der Waals surface area contributed by atoms with E-state index in [0.717, 1.165) is 19.3 Å². The summed E-state index contributed by atoms with van der Waals surface area (Å²) in [4.78, 5) is 0. The fraction of sp³-hybridized carbons (Fsp3) is 0.818. The highest BCUT2D eigenvalue weighted by molar-refractivity contribution is 5.08. The molecule has 0 aromatic rings. The summed E-state index contributed by atoms with van der Waals surface area (Å²) in [5.74, 6) is 0. The van der Waals surface area contributed by atoms with Gasteiger partial charge in [-0.15, -0.1) is 0 Å². The first kappa shape index (κ1) is 9.79. The van der Waals surface area contributed by atoms with Gasteiger partial charge in [0.2, 0.25) is 0 Å². The molecule has 1 rings (SSSR count). The van der Waals surface area contributed by atoms with Crippen LogP contribution >= 0.6 is 0 Å². The van der Waals surface area contributed by atoms with Crippen molar-refractivity contribution in [2.45, 2.75) is 58.0 Å². The fourth-order valence-corrected chi connectivity index (χ4v) is 1.76. The van der Waals surface area contributed by atoms with E-state index in [9.17, 15) is 5.11 Å². The molecule has 0 radical (unpaired) electrons. The summed E-state index contributed by atoms with van der Waals surface area (Å²) in [6.07, 6.45) is 10.3. The molecule has 12 heavy (non-hydrogen) atoms. The maximum Gasteiger partial charge on any atom is 0.0750 e. The van der Waals surface area contributed by atoms with Gasteiger partial charge in [0, 0.05) is 0 Å². The molecule has 1 nitrogen and oxygen atoms in total. The smallest absolute Gasteiger partial charge is 0.0750 e. The summed E-state index contributed by atoms with van der Waals surface area (Å²) in [5, 5.41) is 9.71. The number of hydrogen-bond donors (Lipinski definition) is 1. The van der Waals surface area contributed by atoms with Gasteiger partial charge in [0.25, 0.3) is 0 Å². The number of rotatable bonds is 2. The van der Waals surface area contributed by atoms with Crippen molar-refractivity contribution in [1.29, 1.82) is 0 Å². The Hall–Kier alpha value is -0.300. The Kier molecular flexibility index (Phi) is 4.37. The third kappa shape index (κ3) is 2.98. The molecule has 1 aliphatic rings. The molecule has 0 heterocycles. The first-order valence-corrected chi connectivity index (χ1v) is 5.21. The van der Waals surface area contributed by atoms with E-state index in [2.05, 4.69) is 13.0 Å². The molecule has 0 amide bonds. The molecule has 1 unspecified atom stereocenters. The number of hydrogen-bond acceptors (Lipinski definition) is 1. The molecule has 70 valence electrons. The summed E-state index contributed by atoms with van der Waals surface area (Å²) >= 11 is 0. The monoisotopic (exact) mass is 168 g/mol. The maximum atomic E-state index is 9.71. The van der Waals surface area contributed by atoms with Crippen molar-refractivity contribution in [2.24, 2.45) is 0 Å². The lowest BCUT2D eigenvalue weighted by Crippen LogP contribution is -2.07. The molecule has 1 N–H and O–H groups in total. The van der Waals surface area contributed by atoms with Gasteiger partial charge in [0.05, 0.1) is 6.10 Å². The molecule has 1 atom stereocenters. The highest BCUT2D eigenvalue weighted by Gasteiger charge is 2.13. The van der Waals surface area contributed by atoms with E-state index in [1.165, 1.54) is 31.3 Å². The van der Waals surface area contributed by atoms with Gasteiger partial charge in [-0.05, 0) is 31.3 Å². The Labute approximate surface area is 75.5 Å². The van der Waals surface area contributed by atoms with Crippen LogP contribution in [0.25, 0.3) is 0 Å². The topological polar surface area (TPSA) is 20.2 Å². The van der Waals surface area contributed by atoms with Crippen LogP contribution in [0.15, 0.2) is 11.6 Å². The van der Waals surface area contributed by atoms with Crippen molar-refractivity contribution in [2.75, 3.05) is 0 Å². The third-order valence-corrected chi connectivity index (χ3v) is 2.57. The van der Waals surface area contributed by atoms with Crippen molar-refractivity contribution in [3.05, 3.63) is 11.6 Å². The molecule has 0 saturated heterocycles. The van der Waals surface area contributed by atoms with Crippen molar-refractivity contribution in [1.82, 2.24) is 0 Å². The van der Waals surface area contributed by atoms with E-state index in [1.54, 1.807) is 0 Å². The van der Waals surface area contributed by atoms with E-state index in [1.807, 2.05) is 0 Å². The highest BCUT2D eigenvalue weighted by Crippen LogP contribution is 2.23. The van der Waals surface area contributed by atoms with E-state index in [-0.39, 0.29) is 6.10 Å². The standard InChI is InChI=1S/C11H20O/c1-2-3-7-10-8-5-4-6-9-11(10)12/h7,11-12H,2-6,8-9H2,1H3/b10-7-. The van der Waals surface area contributed by atoms with Gasteiger partial charge in [-0.3, -0.25) is 0 Å². The molecule has 0 bridgehead atoms. The Morgan fingerprint density at radius 2 is 2.25 bits per heavy atom. The molecule has 0 aromatic heterocycles. The minimum atomic E-state index is -0.126. The van der Waals surface area contributed by atoms with Crippen molar-refractivity contribution in [3.63, 3.8) is 0 Å². The average molecular weight is 168 g/mol. The molecule has 1 heteroatoms. The maximum absolute atomic E-state index is 9.71. The molecule has 0 aromatic carbocycles. The van der Waals surface area contributed by atoms with Crippen LogP contribution in [0.3, 0.4) is 0 Å². The molecular weight excluding hydrogens is 148 g/mol. The summed E-state index contributed by atoms with van der Waals surface area (Å²) in [7, 11) is 0. The minimum absolute atomic E-state index is 0.126. The largest absolute Gasteiger partial charge is 0.389 e. The third-order valence-electron chi connectivity index (χ3n) is 2.57. The van der Waals surface area contributed by atoms with Crippen LogP contribution in [-0.2, 0) is 0 Å². The highest BCUT2D eigenvalue weighted by atomic mass is 16.3. The van der Waals surface area contributed by atoms with Gasteiger partial charge >= 0.3 is 0 Å². The Bertz CT molecular complexity index is 149. The van der Waals surface area contributed by atoms with Crippen LogP contribution in [0.5, 0.6) is 0 Å². The lowest BCUT2D eigenvalue weighted by Gasteiger charge is -2.10. The summed E-state index contributed by atoms with van der Waals surface area (Å²) in [6, 6.07) is 0. The minimum Gasteiger partial charge on any atom is -0.389 e. The molecule has 1 aliphatic carbocycles. The van der Waals surface area contributed by atoms with Crippen LogP contribution in [-0.4, -0.2) is 11.2 Å². The van der Waals surface area contributed by atoms with Crippen LogP contribution in [0.2, 0.25) is 0 Å². The zero-order valence-electron chi connectivity index (χ0n) is 8.05. The van der Waals surface area contributed by atoms with Gasteiger partial charge in [-0.2, -0.15) is 0 Å². The second-order valence-corrected chi connectivity index (χ2v) is 3.68. The van der Waals surface area contributed by atoms with Gasteiger partial charge in [-0.1, -0.05) is 32.3 Å². The Morgan fingerprint density at radius 3 is 3.00 bits per heavy atom. The van der Waals surface area contributed by atoms with Crippen molar-refractivity contribution < 1.29 is 5.11 Å². The zero-order valence-corrected chi connectivity index (χ0v) is 8.05. The molecule has 1 fully saturated rings. The van der Waals surface area contributed by atoms with Gasteiger partial charge in [-0.25, -0.2) is 0 Å². The van der Waals surface area contributed by atoms with E-state index < -0.39 is 0 Å². The van der Waals surface area contributed by atoms with Crippen LogP contribution in [0, 0.1) is 0 Å². The number of allylic oxidation sites excluding steroid dienone is 1. The van der Waals surface area contributed by atoms with Crippen LogP contribution in [0.1, 0.15) is 51.9 Å². The number of aliphatic hydroxyl groups is 1. The van der Waals surface area contributed by atoms with Crippen LogP contribution in [0.4, 0.5) is 0 Å². The van der Waals surface area contributed by atoms with E-state index in [0.29, 0.717) is 0 Å². The van der Waals surface area contributed by atoms with Gasteiger partial charge in [0.1, 0.15) is 0 Å². The average Bonchev–Trinajstić information content (AvgIpc) is 2.27. The number of unbranched alkanes of at least 4 members (excludes halogenated alkanes) is 1.